The fourth-order valence-corrected chi connectivity index (χ4v) is 3.90. The molecule has 0 aromatic heterocycles. The Labute approximate surface area is 127 Å². The average molecular weight is 417 g/mol. The van der Waals surface area contributed by atoms with Crippen molar-refractivity contribution in [1.29, 1.82) is 0 Å². The molecule has 0 aliphatic carbocycles. The number of aliphatic hydroxyl groups excluding tert-OH is 1. The molecule has 9 heteroatoms. The van der Waals surface area contributed by atoms with Crippen molar-refractivity contribution in [2.24, 2.45) is 0 Å². The van der Waals surface area contributed by atoms with Crippen LogP contribution in [0.15, 0.2) is 26.0 Å². The summed E-state index contributed by atoms with van der Waals surface area (Å²) in [6, 6.07) is 3.02. The van der Waals surface area contributed by atoms with Crippen molar-refractivity contribution in [3.05, 3.63) is 26.6 Å². The fraction of sp³-hybridized carbons (Fsp3) is 0.300. The van der Waals surface area contributed by atoms with Crippen molar-refractivity contribution >= 4 is 47.9 Å². The summed E-state index contributed by atoms with van der Waals surface area (Å²) >= 11 is 6.35. The lowest BCUT2D eigenvalue weighted by Crippen LogP contribution is -2.36. The molecule has 0 amide bonds. The van der Waals surface area contributed by atoms with Gasteiger partial charge in [0.05, 0.1) is 4.90 Å². The molecule has 1 aromatic rings. The standard InChI is InChI=1S/C10H11Br2NO5S/c1-5-2-7(12)9(3-6(5)11)19(17,18)13-4-8(14)10(15)16/h2-3,8,13-14H,4H2,1H3,(H,15,16). The number of carboxylic acids is 1. The van der Waals surface area contributed by atoms with Crippen molar-refractivity contribution < 1.29 is 23.4 Å². The van der Waals surface area contributed by atoms with E-state index >= 15 is 0 Å². The van der Waals surface area contributed by atoms with Gasteiger partial charge in [-0.2, -0.15) is 0 Å². The van der Waals surface area contributed by atoms with Crippen molar-refractivity contribution in [2.75, 3.05) is 6.54 Å². The molecule has 1 atom stereocenters. The Bertz CT molecular complexity index is 602. The fourth-order valence-electron chi connectivity index (χ4n) is 1.19. The normalized spacial score (nSPS) is 13.3. The van der Waals surface area contributed by atoms with E-state index in [4.69, 9.17) is 10.2 Å². The van der Waals surface area contributed by atoms with Gasteiger partial charge in [-0.15, -0.1) is 0 Å². The Kier molecular flexibility index (Phi) is 5.51. The highest BCUT2D eigenvalue weighted by atomic mass is 79.9. The van der Waals surface area contributed by atoms with Crippen LogP contribution in [0.3, 0.4) is 0 Å². The molecule has 1 aromatic carbocycles. The van der Waals surface area contributed by atoms with Gasteiger partial charge in [0.1, 0.15) is 0 Å². The number of hydrogen-bond acceptors (Lipinski definition) is 4. The summed E-state index contributed by atoms with van der Waals surface area (Å²) in [5.74, 6) is -1.49. The SMILES string of the molecule is Cc1cc(Br)c(S(=O)(=O)NCC(O)C(=O)O)cc1Br. The van der Waals surface area contributed by atoms with Gasteiger partial charge in [-0.25, -0.2) is 17.9 Å². The molecular formula is C10H11Br2NO5S. The van der Waals surface area contributed by atoms with Gasteiger partial charge >= 0.3 is 5.97 Å². The maximum absolute atomic E-state index is 12.0. The third kappa shape index (κ3) is 4.25. The number of nitrogens with one attached hydrogen (secondary N) is 1. The number of carbonyl (C=O) groups is 1. The van der Waals surface area contributed by atoms with Gasteiger partial charge in [0.25, 0.3) is 0 Å². The number of aryl methyl sites for hydroxylation is 1. The van der Waals surface area contributed by atoms with Gasteiger partial charge < -0.3 is 10.2 Å². The Morgan fingerprint density at radius 1 is 1.37 bits per heavy atom. The van der Waals surface area contributed by atoms with E-state index in [9.17, 15) is 13.2 Å². The Balaban J connectivity index is 3.01. The number of carboxylic acid groups (broad SMARTS) is 1. The van der Waals surface area contributed by atoms with Gasteiger partial charge in [-0.1, -0.05) is 15.9 Å². The van der Waals surface area contributed by atoms with E-state index in [0.29, 0.717) is 8.95 Å². The molecule has 19 heavy (non-hydrogen) atoms. The number of aliphatic hydroxyl groups is 1. The van der Waals surface area contributed by atoms with E-state index in [1.807, 2.05) is 4.72 Å². The monoisotopic (exact) mass is 415 g/mol. The first-order chi connectivity index (χ1) is 8.65. The summed E-state index contributed by atoms with van der Waals surface area (Å²) in [4.78, 5) is 10.4. The van der Waals surface area contributed by atoms with Gasteiger partial charge in [-0.05, 0) is 40.5 Å². The first kappa shape index (κ1) is 16.6. The van der Waals surface area contributed by atoms with Crippen LogP contribution in [-0.2, 0) is 14.8 Å². The van der Waals surface area contributed by atoms with Crippen molar-refractivity contribution in [2.45, 2.75) is 17.9 Å². The van der Waals surface area contributed by atoms with E-state index in [0.717, 1.165) is 5.56 Å². The summed E-state index contributed by atoms with van der Waals surface area (Å²) in [6.45, 7) is 1.20. The predicted octanol–water partition coefficient (Wildman–Crippen LogP) is 1.24. The highest BCUT2D eigenvalue weighted by Gasteiger charge is 2.22. The summed E-state index contributed by atoms with van der Waals surface area (Å²) in [5.41, 5.74) is 0.844. The van der Waals surface area contributed by atoms with Crippen molar-refractivity contribution in [1.82, 2.24) is 4.72 Å². The Hall–Kier alpha value is -0.480. The van der Waals surface area contributed by atoms with E-state index in [-0.39, 0.29) is 4.90 Å². The molecule has 106 valence electrons. The second kappa shape index (κ2) is 6.31. The zero-order chi connectivity index (χ0) is 14.8. The van der Waals surface area contributed by atoms with Crippen LogP contribution < -0.4 is 4.72 Å². The lowest BCUT2D eigenvalue weighted by atomic mass is 10.2. The van der Waals surface area contributed by atoms with Crippen LogP contribution in [0.25, 0.3) is 0 Å². The van der Waals surface area contributed by atoms with Crippen LogP contribution in [0, 0.1) is 6.92 Å². The smallest absolute Gasteiger partial charge is 0.333 e. The molecule has 3 N–H and O–H groups in total. The predicted molar refractivity (Wildman–Crippen MR) is 75.4 cm³/mol. The quantitative estimate of drug-likeness (QED) is 0.669. The molecule has 0 heterocycles. The second-order valence-electron chi connectivity index (χ2n) is 3.74. The minimum Gasteiger partial charge on any atom is -0.479 e. The van der Waals surface area contributed by atoms with E-state index in [1.54, 1.807) is 13.0 Å². The first-order valence-corrected chi connectivity index (χ1v) is 8.08. The highest BCUT2D eigenvalue weighted by Crippen LogP contribution is 2.28. The van der Waals surface area contributed by atoms with Gasteiger partial charge in [0, 0.05) is 15.5 Å². The van der Waals surface area contributed by atoms with Crippen molar-refractivity contribution in [3.8, 4) is 0 Å². The van der Waals surface area contributed by atoms with Gasteiger partial charge in [-0.3, -0.25) is 0 Å². The van der Waals surface area contributed by atoms with Crippen LogP contribution in [0.1, 0.15) is 5.56 Å². The summed E-state index contributed by atoms with van der Waals surface area (Å²) in [7, 11) is -3.91. The summed E-state index contributed by atoms with van der Waals surface area (Å²) < 4.78 is 26.9. The Morgan fingerprint density at radius 2 is 1.95 bits per heavy atom. The number of rotatable bonds is 5. The number of sulfonamides is 1. The van der Waals surface area contributed by atoms with Crippen LogP contribution >= 0.6 is 31.9 Å². The number of aliphatic carboxylic acids is 1. The molecular weight excluding hydrogens is 406 g/mol. The molecule has 0 bridgehead atoms. The van der Waals surface area contributed by atoms with E-state index in [2.05, 4.69) is 31.9 Å². The van der Waals surface area contributed by atoms with Crippen LogP contribution in [-0.4, -0.2) is 37.2 Å². The number of halogens is 2. The van der Waals surface area contributed by atoms with Crippen molar-refractivity contribution in [3.63, 3.8) is 0 Å². The molecule has 0 aliphatic rings. The highest BCUT2D eigenvalue weighted by molar-refractivity contribution is 9.11. The zero-order valence-corrected chi connectivity index (χ0v) is 13.7. The lowest BCUT2D eigenvalue weighted by molar-refractivity contribution is -0.146. The van der Waals surface area contributed by atoms with Crippen LogP contribution in [0.4, 0.5) is 0 Å². The molecule has 0 saturated carbocycles. The maximum Gasteiger partial charge on any atom is 0.333 e. The average Bonchev–Trinajstić information content (AvgIpc) is 2.30. The number of hydrogen-bond donors (Lipinski definition) is 3. The molecule has 1 unspecified atom stereocenters. The van der Waals surface area contributed by atoms with E-state index < -0.39 is 28.6 Å². The third-order valence-electron chi connectivity index (χ3n) is 2.25. The molecule has 6 nitrogen and oxygen atoms in total. The zero-order valence-electron chi connectivity index (χ0n) is 9.72. The molecule has 0 radical (unpaired) electrons. The second-order valence-corrected chi connectivity index (χ2v) is 7.18. The first-order valence-electron chi connectivity index (χ1n) is 5.01. The largest absolute Gasteiger partial charge is 0.479 e. The van der Waals surface area contributed by atoms with Gasteiger partial charge in [0.2, 0.25) is 10.0 Å². The topological polar surface area (TPSA) is 104 Å². The molecule has 1 rings (SSSR count). The lowest BCUT2D eigenvalue weighted by Gasteiger charge is -2.11. The van der Waals surface area contributed by atoms with E-state index in [1.165, 1.54) is 6.07 Å². The molecule has 0 aliphatic heterocycles. The minimum absolute atomic E-state index is 0.0393. The molecule has 0 fully saturated rings. The Morgan fingerprint density at radius 3 is 2.47 bits per heavy atom. The third-order valence-corrected chi connectivity index (χ3v) is 5.49. The molecule has 0 spiro atoms. The summed E-state index contributed by atoms with van der Waals surface area (Å²) in [5, 5.41) is 17.5. The van der Waals surface area contributed by atoms with Crippen LogP contribution in [0.2, 0.25) is 0 Å². The summed E-state index contributed by atoms with van der Waals surface area (Å²) in [6.07, 6.45) is -1.79. The molecule has 0 saturated heterocycles. The maximum atomic E-state index is 12.0. The van der Waals surface area contributed by atoms with Crippen LogP contribution in [0.5, 0.6) is 0 Å². The number of benzene rings is 1. The van der Waals surface area contributed by atoms with Gasteiger partial charge in [0.15, 0.2) is 6.10 Å². The minimum atomic E-state index is -3.91.